The molecule has 0 saturated carbocycles. The van der Waals surface area contributed by atoms with Crippen molar-refractivity contribution >= 4 is 40.4 Å². The number of nitrogens with one attached hydrogen (secondary N) is 1. The molecule has 1 N–H and O–H groups in total. The van der Waals surface area contributed by atoms with E-state index in [4.69, 9.17) is 0 Å². The van der Waals surface area contributed by atoms with Gasteiger partial charge in [0.05, 0.1) is 17.4 Å². The molecule has 2 aromatic rings. The van der Waals surface area contributed by atoms with Crippen molar-refractivity contribution in [1.29, 1.82) is 0 Å². The molecule has 3 aliphatic heterocycles. The van der Waals surface area contributed by atoms with Crippen molar-refractivity contribution in [2.24, 2.45) is 5.92 Å². The van der Waals surface area contributed by atoms with Gasteiger partial charge in [0, 0.05) is 30.1 Å². The minimum Gasteiger partial charge on any atom is -0.358 e. The van der Waals surface area contributed by atoms with Crippen molar-refractivity contribution in [3.8, 4) is 0 Å². The summed E-state index contributed by atoms with van der Waals surface area (Å²) in [6, 6.07) is 9.35. The third-order valence-electron chi connectivity index (χ3n) is 7.40. The van der Waals surface area contributed by atoms with Crippen molar-refractivity contribution in [3.63, 3.8) is 0 Å². The van der Waals surface area contributed by atoms with E-state index in [1.54, 1.807) is 16.2 Å². The van der Waals surface area contributed by atoms with Gasteiger partial charge in [0.15, 0.2) is 0 Å². The van der Waals surface area contributed by atoms with Crippen LogP contribution in [0.15, 0.2) is 35.7 Å². The lowest BCUT2D eigenvalue weighted by atomic mass is 9.95. The highest BCUT2D eigenvalue weighted by molar-refractivity contribution is 7.10. The first-order chi connectivity index (χ1) is 16.9. The lowest BCUT2D eigenvalue weighted by Gasteiger charge is -2.45. The van der Waals surface area contributed by atoms with E-state index in [0.29, 0.717) is 11.3 Å². The molecular weight excluding hydrogens is 460 g/mol. The molecule has 0 aliphatic carbocycles. The number of nitrogens with zero attached hydrogens (tertiary/aromatic N) is 3. The summed E-state index contributed by atoms with van der Waals surface area (Å²) in [5, 5.41) is 5.17. The fourth-order valence-electron chi connectivity index (χ4n) is 5.55. The Hall–Kier alpha value is -2.87. The molecule has 0 radical (unpaired) electrons. The fourth-order valence-corrected chi connectivity index (χ4v) is 6.50. The molecule has 8 heteroatoms. The van der Waals surface area contributed by atoms with Crippen LogP contribution < -0.4 is 15.1 Å². The molecule has 35 heavy (non-hydrogen) atoms. The lowest BCUT2D eigenvalue weighted by molar-refractivity contribution is -0.125. The maximum atomic E-state index is 13.7. The minimum atomic E-state index is -0.248. The number of rotatable bonds is 6. The van der Waals surface area contributed by atoms with E-state index < -0.39 is 0 Å². The Morgan fingerprint density at radius 1 is 1.06 bits per heavy atom. The Morgan fingerprint density at radius 3 is 2.54 bits per heavy atom. The smallest absolute Gasteiger partial charge is 0.253 e. The molecule has 0 unspecified atom stereocenters. The summed E-state index contributed by atoms with van der Waals surface area (Å²) < 4.78 is 0. The second-order valence-corrected chi connectivity index (χ2v) is 11.1. The van der Waals surface area contributed by atoms with E-state index in [0.717, 1.165) is 62.3 Å². The van der Waals surface area contributed by atoms with Gasteiger partial charge in [-0.25, -0.2) is 0 Å². The van der Waals surface area contributed by atoms with Gasteiger partial charge < -0.3 is 15.1 Å². The first kappa shape index (κ1) is 23.9. The van der Waals surface area contributed by atoms with Gasteiger partial charge in [0.1, 0.15) is 12.6 Å². The van der Waals surface area contributed by atoms with Crippen molar-refractivity contribution in [2.45, 2.75) is 58.0 Å². The van der Waals surface area contributed by atoms with Crippen LogP contribution in [0.25, 0.3) is 0 Å². The number of piperidine rings is 1. The Morgan fingerprint density at radius 2 is 1.83 bits per heavy atom. The number of likely N-dealkylation sites (tertiary alicyclic amines) is 1. The van der Waals surface area contributed by atoms with Crippen LogP contribution in [0.2, 0.25) is 0 Å². The van der Waals surface area contributed by atoms with Crippen LogP contribution in [0, 0.1) is 5.92 Å². The van der Waals surface area contributed by atoms with Crippen molar-refractivity contribution in [2.75, 3.05) is 36.0 Å². The van der Waals surface area contributed by atoms with Crippen LogP contribution in [-0.2, 0) is 9.59 Å². The number of anilines is 2. The maximum absolute atomic E-state index is 13.7. The second kappa shape index (κ2) is 10.0. The number of thiophene rings is 1. The summed E-state index contributed by atoms with van der Waals surface area (Å²) in [7, 11) is 0. The highest BCUT2D eigenvalue weighted by atomic mass is 32.1. The van der Waals surface area contributed by atoms with Gasteiger partial charge in [0.2, 0.25) is 11.8 Å². The van der Waals surface area contributed by atoms with Gasteiger partial charge in [-0.05, 0) is 67.7 Å². The summed E-state index contributed by atoms with van der Waals surface area (Å²) >= 11 is 1.62. The Balaban J connectivity index is 1.44. The monoisotopic (exact) mass is 494 g/mol. The van der Waals surface area contributed by atoms with Crippen molar-refractivity contribution < 1.29 is 14.4 Å². The number of hydrogen-bond donors (Lipinski definition) is 1. The van der Waals surface area contributed by atoms with Gasteiger partial charge in [-0.2, -0.15) is 0 Å². The molecule has 5 rings (SSSR count). The van der Waals surface area contributed by atoms with E-state index in [-0.39, 0.29) is 42.3 Å². The molecule has 2 fully saturated rings. The molecule has 7 nitrogen and oxygen atoms in total. The largest absolute Gasteiger partial charge is 0.358 e. The van der Waals surface area contributed by atoms with E-state index >= 15 is 0 Å². The highest BCUT2D eigenvalue weighted by Crippen LogP contribution is 2.40. The molecule has 0 spiro atoms. The Bertz CT molecular complexity index is 1090. The van der Waals surface area contributed by atoms with Crippen LogP contribution in [0.3, 0.4) is 0 Å². The van der Waals surface area contributed by atoms with Crippen LogP contribution in [0.4, 0.5) is 11.4 Å². The quantitative estimate of drug-likeness (QED) is 0.653. The Labute approximate surface area is 211 Å². The SMILES string of the molecule is CC(C)[C@@H](NC(=O)CN1C(=O)[C@H]2CCCCN2c2ccc(C(=O)N3CCCC3)cc21)c1cccs1. The zero-order valence-electron chi connectivity index (χ0n) is 20.5. The fraction of sp³-hybridized carbons (Fsp3) is 0.519. The zero-order chi connectivity index (χ0) is 24.5. The third kappa shape index (κ3) is 4.68. The Kier molecular flexibility index (Phi) is 6.82. The van der Waals surface area contributed by atoms with Crippen molar-refractivity contribution in [1.82, 2.24) is 10.2 Å². The molecular formula is C27H34N4O3S. The molecule has 0 bridgehead atoms. The summed E-state index contributed by atoms with van der Waals surface area (Å²) in [5.74, 6) is -0.00627. The molecule has 4 heterocycles. The number of carbonyl (C=O) groups is 3. The topological polar surface area (TPSA) is 73.0 Å². The molecule has 1 aromatic heterocycles. The highest BCUT2D eigenvalue weighted by Gasteiger charge is 2.40. The van der Waals surface area contributed by atoms with Gasteiger partial charge in [0.25, 0.3) is 5.91 Å². The first-order valence-electron chi connectivity index (χ1n) is 12.8. The van der Waals surface area contributed by atoms with Gasteiger partial charge in [-0.3, -0.25) is 19.3 Å². The molecule has 186 valence electrons. The standard InChI is InChI=1S/C27H34N4O3S/c1-18(2)25(23-9-7-15-35-23)28-24(32)17-31-22-16-19(26(33)29-12-5-6-13-29)10-11-20(22)30-14-4-3-8-21(30)27(31)34/h7,9-11,15-16,18,21,25H,3-6,8,12-14,17H2,1-2H3,(H,28,32)/t21-,25-/m1/s1. The van der Waals surface area contributed by atoms with Crippen LogP contribution in [0.5, 0.6) is 0 Å². The molecule has 3 aliphatic rings. The van der Waals surface area contributed by atoms with Gasteiger partial charge in [-0.1, -0.05) is 19.9 Å². The molecule has 2 atom stereocenters. The first-order valence-corrected chi connectivity index (χ1v) is 13.7. The number of hydrogen-bond acceptors (Lipinski definition) is 5. The van der Waals surface area contributed by atoms with Gasteiger partial charge >= 0.3 is 0 Å². The summed E-state index contributed by atoms with van der Waals surface area (Å²) in [5.41, 5.74) is 2.20. The van der Waals surface area contributed by atoms with E-state index in [2.05, 4.69) is 24.1 Å². The number of carbonyl (C=O) groups excluding carboxylic acids is 3. The van der Waals surface area contributed by atoms with Crippen LogP contribution in [-0.4, -0.2) is 54.8 Å². The van der Waals surface area contributed by atoms with Crippen LogP contribution >= 0.6 is 11.3 Å². The van der Waals surface area contributed by atoms with Crippen molar-refractivity contribution in [3.05, 3.63) is 46.2 Å². The van der Waals surface area contributed by atoms with Crippen LogP contribution in [0.1, 0.15) is 67.2 Å². The average molecular weight is 495 g/mol. The average Bonchev–Trinajstić information content (AvgIpc) is 3.59. The molecule has 1 aromatic carbocycles. The molecule has 2 saturated heterocycles. The number of fused-ring (bicyclic) bond motifs is 3. The third-order valence-corrected chi connectivity index (χ3v) is 8.36. The predicted octanol–water partition coefficient (Wildman–Crippen LogP) is 4.20. The summed E-state index contributed by atoms with van der Waals surface area (Å²) in [6.07, 6.45) is 4.88. The summed E-state index contributed by atoms with van der Waals surface area (Å²) in [6.45, 7) is 6.48. The van der Waals surface area contributed by atoms with E-state index in [1.807, 2.05) is 40.6 Å². The zero-order valence-corrected chi connectivity index (χ0v) is 21.4. The second-order valence-electron chi connectivity index (χ2n) is 10.1. The number of benzene rings is 1. The van der Waals surface area contributed by atoms with E-state index in [9.17, 15) is 14.4 Å². The summed E-state index contributed by atoms with van der Waals surface area (Å²) in [4.78, 5) is 46.8. The predicted molar refractivity (Wildman–Crippen MR) is 139 cm³/mol. The lowest BCUT2D eigenvalue weighted by Crippen LogP contribution is -2.57. The van der Waals surface area contributed by atoms with Gasteiger partial charge in [-0.15, -0.1) is 11.3 Å². The molecule has 3 amide bonds. The maximum Gasteiger partial charge on any atom is 0.253 e. The van der Waals surface area contributed by atoms with E-state index in [1.165, 1.54) is 0 Å². The number of amides is 3. The minimum absolute atomic E-state index is 0.000449. The normalized spacial score (nSPS) is 20.6.